The fraction of sp³-hybridized carbons (Fsp3) is 0.500. The average Bonchev–Trinajstić information content (AvgIpc) is 2.53. The predicted octanol–water partition coefficient (Wildman–Crippen LogP) is 6.48. The average molecular weight is 561 g/mol. The van der Waals surface area contributed by atoms with E-state index in [0.29, 0.717) is 5.46 Å². The highest BCUT2D eigenvalue weighted by atomic mass is 35.6. The van der Waals surface area contributed by atoms with Crippen molar-refractivity contribution in [3.63, 3.8) is 0 Å². The van der Waals surface area contributed by atoms with Gasteiger partial charge in [-0.1, -0.05) is 135 Å². The van der Waals surface area contributed by atoms with Crippen LogP contribution in [0.1, 0.15) is 0 Å². The van der Waals surface area contributed by atoms with Crippen molar-refractivity contribution in [1.29, 1.82) is 0 Å². The summed E-state index contributed by atoms with van der Waals surface area (Å²) in [6, 6.07) is 8.67. The first-order chi connectivity index (χ1) is 11.8. The van der Waals surface area contributed by atoms with Crippen LogP contribution in [0.5, 0.6) is 0 Å². The molecule has 1 aromatic rings. The van der Waals surface area contributed by atoms with E-state index < -0.39 is 43.6 Å². The van der Waals surface area contributed by atoms with E-state index in [4.69, 9.17) is 118 Å². The Morgan fingerprint density at radius 1 is 0.654 bits per heavy atom. The zero-order valence-corrected chi connectivity index (χ0v) is 20.0. The second-order valence-corrected chi connectivity index (χ2v) is 15.0. The molecule has 1 aromatic carbocycles. The van der Waals surface area contributed by atoms with Crippen molar-refractivity contribution in [3.8, 4) is 0 Å². The molecule has 4 rings (SSSR count). The fourth-order valence-corrected chi connectivity index (χ4v) is 9.01. The van der Waals surface area contributed by atoms with Gasteiger partial charge in [-0.15, -0.1) is 5.46 Å². The van der Waals surface area contributed by atoms with Crippen molar-refractivity contribution < 1.29 is 14.0 Å². The number of alkyl halides is 9. The molecule has 0 N–H and O–H groups in total. The Balaban J connectivity index is 2.19. The lowest BCUT2D eigenvalue weighted by molar-refractivity contribution is -0.00143. The van der Waals surface area contributed by atoms with Crippen LogP contribution in [-0.4, -0.2) is 35.7 Å². The molecule has 0 radical (unpaired) electrons. The number of rotatable bonds is 1. The maximum Gasteiger partial charge on any atom is 0.411 e. The van der Waals surface area contributed by atoms with Crippen LogP contribution < -0.4 is 5.46 Å². The quantitative estimate of drug-likeness (QED) is 0.223. The Hall–Kier alpha value is 2.20. The maximum absolute atomic E-state index is 6.15. The van der Waals surface area contributed by atoms with Gasteiger partial charge in [0.25, 0.3) is 0 Å². The SMILES string of the molecule is ClC(Cl)(Cl)[C@@H]1O[B-]2(c3ccccc3)O[C@@H](C(Cl)(Cl)Cl)P1[C@@H](C(Cl)(Cl)Cl)O2. The largest absolute Gasteiger partial charge is 0.532 e. The highest BCUT2D eigenvalue weighted by Gasteiger charge is 2.66. The summed E-state index contributed by atoms with van der Waals surface area (Å²) in [5, 5.41) is 0. The fourth-order valence-electron chi connectivity index (χ4n) is 2.85. The molecule has 3 fully saturated rings. The van der Waals surface area contributed by atoms with Crippen LogP contribution in [0.3, 0.4) is 0 Å². The number of halogens is 9. The van der Waals surface area contributed by atoms with Gasteiger partial charge in [-0.25, -0.2) is 0 Å². The van der Waals surface area contributed by atoms with Gasteiger partial charge >= 0.3 is 6.75 Å². The van der Waals surface area contributed by atoms with Crippen LogP contribution in [0.15, 0.2) is 30.3 Å². The summed E-state index contributed by atoms with van der Waals surface area (Å²) in [7, 11) is -1.82. The molecule has 3 heterocycles. The highest BCUT2D eigenvalue weighted by Crippen LogP contribution is 2.72. The van der Waals surface area contributed by atoms with Crippen molar-refractivity contribution >= 4 is 125 Å². The van der Waals surface area contributed by atoms with Crippen molar-refractivity contribution in [1.82, 2.24) is 0 Å². The van der Waals surface area contributed by atoms with E-state index in [9.17, 15) is 0 Å². The standard InChI is InChI=1S/C12H8BCl9O3P/c14-10(15,16)7-23-13(6-4-2-1-3-5-6)24-8(11(17,18)19)26(7)9(25-13)12(20,21)22/h1-5,7-9H/q-1/t7-,8-,9+,13?,26?/m1/s1. The van der Waals surface area contributed by atoms with E-state index in [-0.39, 0.29) is 0 Å². The predicted molar refractivity (Wildman–Crippen MR) is 114 cm³/mol. The van der Waals surface area contributed by atoms with E-state index in [1.165, 1.54) is 0 Å². The van der Waals surface area contributed by atoms with Crippen LogP contribution in [0, 0.1) is 0 Å². The third-order valence-corrected chi connectivity index (χ3v) is 10.1. The molecule has 3 atom stereocenters. The normalized spacial score (nSPS) is 35.6. The molecule has 2 bridgehead atoms. The number of benzene rings is 1. The van der Waals surface area contributed by atoms with Gasteiger partial charge in [-0.2, -0.15) is 0 Å². The first-order valence-corrected chi connectivity index (χ1v) is 11.9. The van der Waals surface area contributed by atoms with Gasteiger partial charge in [0.2, 0.25) is 11.4 Å². The van der Waals surface area contributed by atoms with E-state index in [1.807, 2.05) is 0 Å². The molecule has 14 heteroatoms. The van der Waals surface area contributed by atoms with E-state index >= 15 is 0 Å². The lowest BCUT2D eigenvalue weighted by Gasteiger charge is -2.66. The second kappa shape index (κ2) is 7.72. The van der Waals surface area contributed by atoms with Crippen molar-refractivity contribution in [2.45, 2.75) is 28.9 Å². The lowest BCUT2D eigenvalue weighted by Crippen LogP contribution is -2.72. The van der Waals surface area contributed by atoms with E-state index in [0.717, 1.165) is 0 Å². The van der Waals surface area contributed by atoms with Crippen LogP contribution in [0.2, 0.25) is 0 Å². The summed E-state index contributed by atoms with van der Waals surface area (Å²) in [4.78, 5) is 0. The van der Waals surface area contributed by atoms with Crippen LogP contribution in [0.25, 0.3) is 0 Å². The Labute approximate surface area is 196 Å². The first-order valence-electron chi connectivity index (χ1n) is 6.96. The lowest BCUT2D eigenvalue weighted by atomic mass is 9.68. The van der Waals surface area contributed by atoms with Crippen LogP contribution >= 0.6 is 112 Å². The van der Waals surface area contributed by atoms with Gasteiger partial charge in [-0.05, 0) is 7.92 Å². The highest BCUT2D eigenvalue weighted by molar-refractivity contribution is 7.61. The monoisotopic (exact) mass is 557 g/mol. The molecule has 3 saturated heterocycles. The number of hydrogen-bond acceptors (Lipinski definition) is 3. The summed E-state index contributed by atoms with van der Waals surface area (Å²) >= 11 is 55.3. The van der Waals surface area contributed by atoms with Gasteiger partial charge in [0, 0.05) is 0 Å². The number of hydrogen-bond donors (Lipinski definition) is 0. The van der Waals surface area contributed by atoms with Crippen LogP contribution in [-0.2, 0) is 14.0 Å². The summed E-state index contributed by atoms with van der Waals surface area (Å²) in [5.74, 6) is -3.19. The Morgan fingerprint density at radius 3 is 1.31 bits per heavy atom. The Kier molecular flexibility index (Phi) is 6.79. The Bertz CT molecular complexity index is 603. The second-order valence-electron chi connectivity index (χ2n) is 5.59. The smallest absolute Gasteiger partial charge is 0.411 e. The molecule has 3 aliphatic rings. The molecule has 0 spiro atoms. The topological polar surface area (TPSA) is 27.7 Å². The van der Waals surface area contributed by atoms with Gasteiger partial charge in [0.1, 0.15) is 0 Å². The molecule has 0 aromatic heterocycles. The molecule has 0 amide bonds. The van der Waals surface area contributed by atoms with Crippen molar-refractivity contribution in [2.24, 2.45) is 0 Å². The summed E-state index contributed by atoms with van der Waals surface area (Å²) in [5.41, 5.74) is 0.486. The molecular weight excluding hydrogens is 553 g/mol. The zero-order chi connectivity index (χ0) is 19.5. The molecule has 146 valence electrons. The minimum Gasteiger partial charge on any atom is -0.532 e. The number of fused-ring (bicyclic) bond motifs is 3. The third-order valence-electron chi connectivity index (χ3n) is 3.78. The molecular formula is C12H8BCl9O3P-. The van der Waals surface area contributed by atoms with Crippen molar-refractivity contribution in [2.75, 3.05) is 0 Å². The molecule has 0 unspecified atom stereocenters. The van der Waals surface area contributed by atoms with Gasteiger partial charge in [-0.3, -0.25) is 0 Å². The zero-order valence-electron chi connectivity index (χ0n) is 12.3. The summed E-state index contributed by atoms with van der Waals surface area (Å²) in [6.45, 7) is -2.71. The minimum atomic E-state index is -2.71. The molecule has 26 heavy (non-hydrogen) atoms. The van der Waals surface area contributed by atoms with E-state index in [2.05, 4.69) is 0 Å². The molecule has 3 aliphatic heterocycles. The van der Waals surface area contributed by atoms with E-state index in [1.54, 1.807) is 30.3 Å². The minimum absolute atomic E-state index is 0.486. The molecule has 0 saturated carbocycles. The van der Waals surface area contributed by atoms with Gasteiger partial charge < -0.3 is 14.0 Å². The summed E-state index contributed by atoms with van der Waals surface area (Å²) in [6.07, 6.45) is 0. The van der Waals surface area contributed by atoms with Gasteiger partial charge in [0.05, 0.1) is 17.5 Å². The third kappa shape index (κ3) is 4.44. The maximum atomic E-state index is 6.15. The Morgan fingerprint density at radius 2 is 1.00 bits per heavy atom. The van der Waals surface area contributed by atoms with Crippen molar-refractivity contribution in [3.05, 3.63) is 30.3 Å². The summed E-state index contributed by atoms with van der Waals surface area (Å²) < 4.78 is 12.2. The van der Waals surface area contributed by atoms with Crippen LogP contribution in [0.4, 0.5) is 0 Å². The first kappa shape index (κ1) is 22.9. The molecule has 0 aliphatic carbocycles. The molecule has 3 nitrogen and oxygen atoms in total. The van der Waals surface area contributed by atoms with Gasteiger partial charge in [0.15, 0.2) is 0 Å².